The van der Waals surface area contributed by atoms with Crippen LogP contribution in [0, 0.1) is 5.82 Å². The molecule has 156 valence electrons. The predicted molar refractivity (Wildman–Crippen MR) is 105 cm³/mol. The first-order chi connectivity index (χ1) is 14.6. The van der Waals surface area contributed by atoms with E-state index in [1.165, 1.54) is 12.1 Å². The second kappa shape index (κ2) is 8.50. The molecule has 30 heavy (non-hydrogen) atoms. The fourth-order valence-electron chi connectivity index (χ4n) is 3.42. The second-order valence-corrected chi connectivity index (χ2v) is 6.75. The van der Waals surface area contributed by atoms with E-state index >= 15 is 0 Å². The summed E-state index contributed by atoms with van der Waals surface area (Å²) in [6, 6.07) is 11.6. The lowest BCUT2D eigenvalue weighted by atomic mass is 10.1. The highest BCUT2D eigenvalue weighted by Crippen LogP contribution is 2.31. The molecule has 1 aliphatic rings. The first-order valence-corrected chi connectivity index (χ1v) is 9.38. The molecule has 2 heterocycles. The van der Waals surface area contributed by atoms with Gasteiger partial charge in [-0.1, -0.05) is 29.5 Å². The minimum atomic E-state index is -0.357. The van der Waals surface area contributed by atoms with Gasteiger partial charge in [-0.15, -0.1) is 5.10 Å². The van der Waals surface area contributed by atoms with Crippen LogP contribution in [-0.2, 0) is 24.4 Å². The van der Waals surface area contributed by atoms with Gasteiger partial charge in [-0.25, -0.2) is 9.07 Å². The van der Waals surface area contributed by atoms with E-state index in [1.54, 1.807) is 37.1 Å². The summed E-state index contributed by atoms with van der Waals surface area (Å²) in [6.07, 6.45) is -0.281. The summed E-state index contributed by atoms with van der Waals surface area (Å²) in [5.74, 6) is 0.494. The molecule has 0 radical (unpaired) electrons. The number of aromatic nitrogens is 3. The van der Waals surface area contributed by atoms with Gasteiger partial charge < -0.3 is 19.5 Å². The van der Waals surface area contributed by atoms with Gasteiger partial charge in [0.15, 0.2) is 17.2 Å². The Morgan fingerprint density at radius 3 is 2.77 bits per heavy atom. The van der Waals surface area contributed by atoms with Crippen LogP contribution < -0.4 is 14.8 Å². The van der Waals surface area contributed by atoms with Gasteiger partial charge in [-0.3, -0.25) is 4.79 Å². The van der Waals surface area contributed by atoms with E-state index in [0.29, 0.717) is 23.7 Å². The quantitative estimate of drug-likeness (QED) is 0.670. The van der Waals surface area contributed by atoms with Crippen molar-refractivity contribution < 1.29 is 23.4 Å². The Balaban J connectivity index is 1.46. The number of nitrogens with zero attached hydrogens (tertiary/aromatic N) is 3. The molecule has 3 aromatic rings. The van der Waals surface area contributed by atoms with Gasteiger partial charge in [0.25, 0.3) is 5.91 Å². The number of fused-ring (bicyclic) bond motifs is 1. The summed E-state index contributed by atoms with van der Waals surface area (Å²) >= 11 is 0. The van der Waals surface area contributed by atoms with Crippen LogP contribution >= 0.6 is 0 Å². The van der Waals surface area contributed by atoms with Gasteiger partial charge in [0, 0.05) is 12.1 Å². The number of halogens is 1. The highest BCUT2D eigenvalue weighted by Gasteiger charge is 2.27. The SMILES string of the molecule is COc1cccc(CNC(=O)c2nnn3c2COC(c2ccc(F)cc2)C3)c1OC. The number of carbonyl (C=O) groups excluding carboxylic acids is 1. The largest absolute Gasteiger partial charge is 0.493 e. The van der Waals surface area contributed by atoms with Gasteiger partial charge in [-0.2, -0.15) is 0 Å². The molecule has 0 saturated carbocycles. The van der Waals surface area contributed by atoms with Crippen LogP contribution in [0.5, 0.6) is 11.5 Å². The number of amides is 1. The third-order valence-corrected chi connectivity index (χ3v) is 4.98. The van der Waals surface area contributed by atoms with E-state index in [2.05, 4.69) is 15.6 Å². The van der Waals surface area contributed by atoms with Crippen molar-refractivity contribution >= 4 is 5.91 Å². The zero-order valence-corrected chi connectivity index (χ0v) is 16.6. The molecule has 1 unspecified atom stereocenters. The zero-order chi connectivity index (χ0) is 21.1. The Bertz CT molecular complexity index is 1050. The zero-order valence-electron chi connectivity index (χ0n) is 16.6. The van der Waals surface area contributed by atoms with Crippen molar-refractivity contribution in [3.63, 3.8) is 0 Å². The molecule has 4 rings (SSSR count). The summed E-state index contributed by atoms with van der Waals surface area (Å²) in [4.78, 5) is 12.7. The van der Waals surface area contributed by atoms with E-state index in [4.69, 9.17) is 14.2 Å². The van der Waals surface area contributed by atoms with Gasteiger partial charge in [0.1, 0.15) is 11.9 Å². The van der Waals surface area contributed by atoms with E-state index < -0.39 is 0 Å². The smallest absolute Gasteiger partial charge is 0.274 e. The minimum absolute atomic E-state index is 0.181. The van der Waals surface area contributed by atoms with Gasteiger partial charge in [-0.05, 0) is 23.8 Å². The lowest BCUT2D eigenvalue weighted by Gasteiger charge is -2.24. The Morgan fingerprint density at radius 1 is 1.23 bits per heavy atom. The van der Waals surface area contributed by atoms with Crippen molar-refractivity contribution in [2.75, 3.05) is 14.2 Å². The van der Waals surface area contributed by atoms with Gasteiger partial charge in [0.2, 0.25) is 0 Å². The Hall–Kier alpha value is -3.46. The van der Waals surface area contributed by atoms with Gasteiger partial charge >= 0.3 is 0 Å². The fraction of sp³-hybridized carbons (Fsp3) is 0.286. The minimum Gasteiger partial charge on any atom is -0.493 e. The predicted octanol–water partition coefficient (Wildman–Crippen LogP) is 2.64. The molecule has 1 atom stereocenters. The Labute approximate surface area is 172 Å². The molecule has 0 spiro atoms. The van der Waals surface area contributed by atoms with Crippen molar-refractivity contribution in [3.05, 3.63) is 70.8 Å². The summed E-state index contributed by atoms with van der Waals surface area (Å²) in [7, 11) is 3.11. The summed E-state index contributed by atoms with van der Waals surface area (Å²) in [5.41, 5.74) is 2.44. The van der Waals surface area contributed by atoms with E-state index in [-0.39, 0.29) is 36.7 Å². The molecule has 0 fully saturated rings. The molecule has 0 bridgehead atoms. The number of para-hydroxylation sites is 1. The topological polar surface area (TPSA) is 87.5 Å². The van der Waals surface area contributed by atoms with E-state index in [0.717, 1.165) is 11.1 Å². The van der Waals surface area contributed by atoms with Crippen LogP contribution in [0.2, 0.25) is 0 Å². The molecule has 9 heteroatoms. The fourth-order valence-corrected chi connectivity index (χ4v) is 3.42. The molecule has 1 N–H and O–H groups in total. The van der Waals surface area contributed by atoms with Crippen LogP contribution in [0.3, 0.4) is 0 Å². The van der Waals surface area contributed by atoms with Crippen molar-refractivity contribution in [2.24, 2.45) is 0 Å². The maximum Gasteiger partial charge on any atom is 0.274 e. The number of ether oxygens (including phenoxy) is 3. The molecule has 0 aliphatic carbocycles. The highest BCUT2D eigenvalue weighted by molar-refractivity contribution is 5.93. The Morgan fingerprint density at radius 2 is 2.03 bits per heavy atom. The average Bonchev–Trinajstić information content (AvgIpc) is 3.21. The number of rotatable bonds is 6. The highest BCUT2D eigenvalue weighted by atomic mass is 19.1. The second-order valence-electron chi connectivity index (χ2n) is 6.75. The molecule has 2 aromatic carbocycles. The molecular weight excluding hydrogens is 391 g/mol. The standard InChI is InChI=1S/C21H21FN4O4/c1-28-17-5-3-4-14(20(17)29-2)10-23-21(27)19-16-12-30-18(11-26(16)25-24-19)13-6-8-15(22)9-7-13/h3-9,18H,10-12H2,1-2H3,(H,23,27). The summed E-state index contributed by atoms with van der Waals surface area (Å²) in [5, 5.41) is 11.0. The number of benzene rings is 2. The number of hydrogen-bond acceptors (Lipinski definition) is 6. The van der Waals surface area contributed by atoms with Crippen LogP contribution in [0.15, 0.2) is 42.5 Å². The van der Waals surface area contributed by atoms with Crippen molar-refractivity contribution in [2.45, 2.75) is 25.8 Å². The summed E-state index contributed by atoms with van der Waals surface area (Å²) in [6.45, 7) is 0.815. The molecule has 8 nitrogen and oxygen atoms in total. The number of hydrogen-bond donors (Lipinski definition) is 1. The lowest BCUT2D eigenvalue weighted by Crippen LogP contribution is -2.27. The normalized spacial score (nSPS) is 15.4. The first-order valence-electron chi connectivity index (χ1n) is 9.38. The molecular formula is C21H21FN4O4. The van der Waals surface area contributed by atoms with Crippen LogP contribution in [0.25, 0.3) is 0 Å². The monoisotopic (exact) mass is 412 g/mol. The van der Waals surface area contributed by atoms with Crippen LogP contribution in [0.4, 0.5) is 4.39 Å². The van der Waals surface area contributed by atoms with E-state index in [9.17, 15) is 9.18 Å². The third-order valence-electron chi connectivity index (χ3n) is 4.98. The van der Waals surface area contributed by atoms with Crippen molar-refractivity contribution in [1.82, 2.24) is 20.3 Å². The maximum atomic E-state index is 13.1. The summed E-state index contributed by atoms with van der Waals surface area (Å²) < 4.78 is 31.3. The first kappa shape index (κ1) is 19.8. The van der Waals surface area contributed by atoms with E-state index in [1.807, 2.05) is 12.1 Å². The molecule has 1 amide bonds. The Kier molecular flexibility index (Phi) is 5.62. The molecule has 1 aliphatic heterocycles. The van der Waals surface area contributed by atoms with Crippen molar-refractivity contribution in [3.8, 4) is 11.5 Å². The third kappa shape index (κ3) is 3.84. The van der Waals surface area contributed by atoms with Crippen LogP contribution in [0.1, 0.15) is 33.4 Å². The number of carbonyl (C=O) groups is 1. The molecule has 1 aromatic heterocycles. The average molecular weight is 412 g/mol. The lowest BCUT2D eigenvalue weighted by molar-refractivity contribution is -0.00180. The molecule has 0 saturated heterocycles. The van der Waals surface area contributed by atoms with Gasteiger partial charge in [0.05, 0.1) is 33.1 Å². The number of methoxy groups -OCH3 is 2. The maximum absolute atomic E-state index is 13.1. The van der Waals surface area contributed by atoms with Crippen molar-refractivity contribution in [1.29, 1.82) is 0 Å². The van der Waals surface area contributed by atoms with Crippen LogP contribution in [-0.4, -0.2) is 35.1 Å². The number of nitrogens with one attached hydrogen (secondary N) is 1.